The van der Waals surface area contributed by atoms with Crippen molar-refractivity contribution < 1.29 is 9.53 Å². The SMILES string of the molecule is COC(=O)c1cc2c(cnn2C)c(NC2CCC(N(C)C)CC2)c1C. The van der Waals surface area contributed by atoms with Crippen LogP contribution in [0.25, 0.3) is 10.9 Å². The molecule has 6 heteroatoms. The van der Waals surface area contributed by atoms with E-state index in [9.17, 15) is 4.79 Å². The van der Waals surface area contributed by atoms with Crippen LogP contribution in [0, 0.1) is 6.92 Å². The van der Waals surface area contributed by atoms with Gasteiger partial charge in [0.05, 0.1) is 24.4 Å². The maximum atomic E-state index is 12.2. The molecule has 0 amide bonds. The van der Waals surface area contributed by atoms with Gasteiger partial charge in [-0.15, -0.1) is 0 Å². The van der Waals surface area contributed by atoms with Gasteiger partial charge in [0, 0.05) is 30.2 Å². The van der Waals surface area contributed by atoms with Gasteiger partial charge in [0.1, 0.15) is 0 Å². The summed E-state index contributed by atoms with van der Waals surface area (Å²) in [6.45, 7) is 1.98. The number of nitrogens with zero attached hydrogens (tertiary/aromatic N) is 3. The molecule has 1 aliphatic rings. The molecule has 0 saturated heterocycles. The summed E-state index contributed by atoms with van der Waals surface area (Å²) in [6, 6.07) is 2.96. The van der Waals surface area contributed by atoms with E-state index < -0.39 is 0 Å². The fourth-order valence-electron chi connectivity index (χ4n) is 3.84. The Hall–Kier alpha value is -2.08. The number of methoxy groups -OCH3 is 1. The second-order valence-electron chi connectivity index (χ2n) is 7.23. The number of aryl methyl sites for hydroxylation is 1. The van der Waals surface area contributed by atoms with Crippen LogP contribution in [0.15, 0.2) is 12.3 Å². The van der Waals surface area contributed by atoms with Gasteiger partial charge in [0.2, 0.25) is 0 Å². The van der Waals surface area contributed by atoms with Crippen LogP contribution in [0.1, 0.15) is 41.6 Å². The molecule has 1 aromatic heterocycles. The molecule has 1 fully saturated rings. The summed E-state index contributed by atoms with van der Waals surface area (Å²) in [5, 5.41) is 9.13. The second-order valence-corrected chi connectivity index (χ2v) is 7.23. The minimum Gasteiger partial charge on any atom is -0.465 e. The molecular formula is C19H28N4O2. The summed E-state index contributed by atoms with van der Waals surface area (Å²) in [6.07, 6.45) is 6.52. The van der Waals surface area contributed by atoms with Crippen molar-refractivity contribution in [1.82, 2.24) is 14.7 Å². The summed E-state index contributed by atoms with van der Waals surface area (Å²) in [5.74, 6) is -0.306. The van der Waals surface area contributed by atoms with Crippen LogP contribution in [-0.2, 0) is 11.8 Å². The van der Waals surface area contributed by atoms with Crippen molar-refractivity contribution in [2.24, 2.45) is 7.05 Å². The van der Waals surface area contributed by atoms with Crippen molar-refractivity contribution in [3.63, 3.8) is 0 Å². The lowest BCUT2D eigenvalue weighted by molar-refractivity contribution is 0.0600. The second kappa shape index (κ2) is 7.04. The number of hydrogen-bond donors (Lipinski definition) is 1. The highest BCUT2D eigenvalue weighted by molar-refractivity contribution is 6.02. The number of nitrogens with one attached hydrogen (secondary N) is 1. The number of fused-ring (bicyclic) bond motifs is 1. The first-order valence-electron chi connectivity index (χ1n) is 8.89. The van der Waals surface area contributed by atoms with Gasteiger partial charge in [-0.3, -0.25) is 4.68 Å². The van der Waals surface area contributed by atoms with Crippen LogP contribution < -0.4 is 5.32 Å². The average molecular weight is 344 g/mol. The highest BCUT2D eigenvalue weighted by atomic mass is 16.5. The van der Waals surface area contributed by atoms with E-state index >= 15 is 0 Å². The van der Waals surface area contributed by atoms with Gasteiger partial charge >= 0.3 is 5.97 Å². The van der Waals surface area contributed by atoms with Crippen molar-refractivity contribution in [2.45, 2.75) is 44.7 Å². The summed E-state index contributed by atoms with van der Waals surface area (Å²) in [7, 11) is 7.62. The first kappa shape index (κ1) is 17.7. The minimum atomic E-state index is -0.306. The zero-order chi connectivity index (χ0) is 18.1. The van der Waals surface area contributed by atoms with Crippen molar-refractivity contribution >= 4 is 22.6 Å². The fraction of sp³-hybridized carbons (Fsp3) is 0.579. The maximum Gasteiger partial charge on any atom is 0.338 e. The number of rotatable bonds is 4. The molecule has 1 aliphatic carbocycles. The molecule has 0 aliphatic heterocycles. The third-order valence-corrected chi connectivity index (χ3v) is 5.49. The lowest BCUT2D eigenvalue weighted by Gasteiger charge is -2.34. The Morgan fingerprint density at radius 2 is 2.00 bits per heavy atom. The van der Waals surface area contributed by atoms with Gasteiger partial charge in [-0.25, -0.2) is 4.79 Å². The summed E-state index contributed by atoms with van der Waals surface area (Å²) < 4.78 is 6.77. The molecular weight excluding hydrogens is 316 g/mol. The number of ether oxygens (including phenoxy) is 1. The van der Waals surface area contributed by atoms with Crippen LogP contribution in [0.4, 0.5) is 5.69 Å². The predicted octanol–water partition coefficient (Wildman–Crippen LogP) is 2.95. The summed E-state index contributed by atoms with van der Waals surface area (Å²) in [4.78, 5) is 14.5. The largest absolute Gasteiger partial charge is 0.465 e. The molecule has 6 nitrogen and oxygen atoms in total. The first-order valence-corrected chi connectivity index (χ1v) is 8.89. The molecule has 1 aromatic carbocycles. The molecule has 1 saturated carbocycles. The predicted molar refractivity (Wildman–Crippen MR) is 100 cm³/mol. The van der Waals surface area contributed by atoms with Gasteiger partial charge in [0.15, 0.2) is 0 Å². The third kappa shape index (κ3) is 3.35. The molecule has 1 heterocycles. The van der Waals surface area contributed by atoms with Crippen molar-refractivity contribution in [3.05, 3.63) is 23.4 Å². The van der Waals surface area contributed by atoms with E-state index in [-0.39, 0.29) is 5.97 Å². The van der Waals surface area contributed by atoms with Crippen molar-refractivity contribution in [2.75, 3.05) is 26.5 Å². The quantitative estimate of drug-likeness (QED) is 0.864. The number of anilines is 1. The van der Waals surface area contributed by atoms with Crippen LogP contribution in [0.3, 0.4) is 0 Å². The minimum absolute atomic E-state index is 0.306. The monoisotopic (exact) mass is 344 g/mol. The maximum absolute atomic E-state index is 12.2. The lowest BCUT2D eigenvalue weighted by Crippen LogP contribution is -2.36. The number of carbonyl (C=O) groups is 1. The van der Waals surface area contributed by atoms with Crippen molar-refractivity contribution in [1.29, 1.82) is 0 Å². The van der Waals surface area contributed by atoms with E-state index in [4.69, 9.17) is 4.74 Å². The lowest BCUT2D eigenvalue weighted by atomic mass is 9.90. The normalized spacial score (nSPS) is 20.9. The topological polar surface area (TPSA) is 59.4 Å². The van der Waals surface area contributed by atoms with Crippen LogP contribution in [0.2, 0.25) is 0 Å². The van der Waals surface area contributed by atoms with Crippen molar-refractivity contribution in [3.8, 4) is 0 Å². The van der Waals surface area contributed by atoms with Crippen LogP contribution in [0.5, 0.6) is 0 Å². The Kier molecular flexibility index (Phi) is 4.99. The molecule has 0 unspecified atom stereocenters. The van der Waals surface area contributed by atoms with E-state index in [1.54, 1.807) is 4.68 Å². The molecule has 3 rings (SSSR count). The smallest absolute Gasteiger partial charge is 0.338 e. The number of benzene rings is 1. The number of carbonyl (C=O) groups excluding carboxylic acids is 1. The van der Waals surface area contributed by atoms with E-state index in [1.807, 2.05) is 26.2 Å². The molecule has 0 atom stereocenters. The Bertz CT molecular complexity index is 773. The molecule has 0 spiro atoms. The number of hydrogen-bond acceptors (Lipinski definition) is 5. The van der Waals surface area contributed by atoms with E-state index in [2.05, 4.69) is 29.4 Å². The highest BCUT2D eigenvalue weighted by Gasteiger charge is 2.25. The first-order chi connectivity index (χ1) is 11.9. The average Bonchev–Trinajstić information content (AvgIpc) is 2.97. The standard InChI is InChI=1S/C19H28N4O2/c1-12-15(19(24)25-5)10-17-16(11-20-23(17)4)18(12)21-13-6-8-14(9-7-13)22(2)3/h10-11,13-14,21H,6-9H2,1-5H3. The fourth-order valence-corrected chi connectivity index (χ4v) is 3.84. The molecule has 0 bridgehead atoms. The number of aromatic nitrogens is 2. The zero-order valence-corrected chi connectivity index (χ0v) is 15.8. The van der Waals surface area contributed by atoms with Crippen LogP contribution in [-0.4, -0.2) is 53.9 Å². The van der Waals surface area contributed by atoms with Crippen LogP contribution >= 0.6 is 0 Å². The van der Waals surface area contributed by atoms with Gasteiger partial charge in [0.25, 0.3) is 0 Å². The Morgan fingerprint density at radius 3 is 2.60 bits per heavy atom. The van der Waals surface area contributed by atoms with Gasteiger partial charge in [-0.05, 0) is 58.3 Å². The summed E-state index contributed by atoms with van der Waals surface area (Å²) >= 11 is 0. The van der Waals surface area contributed by atoms with E-state index in [0.717, 1.165) is 35.0 Å². The van der Waals surface area contributed by atoms with Gasteiger partial charge in [-0.2, -0.15) is 5.10 Å². The molecule has 0 radical (unpaired) electrons. The summed E-state index contributed by atoms with van der Waals surface area (Å²) in [5.41, 5.74) is 3.49. The molecule has 1 N–H and O–H groups in total. The third-order valence-electron chi connectivity index (χ3n) is 5.49. The van der Waals surface area contributed by atoms with E-state index in [0.29, 0.717) is 17.6 Å². The Balaban J connectivity index is 1.93. The molecule has 2 aromatic rings. The van der Waals surface area contributed by atoms with E-state index in [1.165, 1.54) is 20.0 Å². The Morgan fingerprint density at radius 1 is 1.32 bits per heavy atom. The van der Waals surface area contributed by atoms with Gasteiger partial charge in [-0.1, -0.05) is 0 Å². The highest BCUT2D eigenvalue weighted by Crippen LogP contribution is 2.33. The molecule has 25 heavy (non-hydrogen) atoms. The Labute approximate surface area is 149 Å². The number of esters is 1. The molecule has 136 valence electrons. The van der Waals surface area contributed by atoms with Gasteiger partial charge < -0.3 is 15.0 Å². The zero-order valence-electron chi connectivity index (χ0n) is 15.8.